The summed E-state index contributed by atoms with van der Waals surface area (Å²) in [5, 5.41) is 4.78. The van der Waals surface area contributed by atoms with E-state index in [4.69, 9.17) is 14.6 Å². The minimum Gasteiger partial charge on any atom is -0.493 e. The standard InChI is InChI=1S/C26H33N3O3/c1-18(2)16-28(25(30)19(3)4)17-22-20(5)27-29(21-12-8-7-9-13-21)26(22)32-24-15-11-10-14-23(24)31-6/h7-15,18-19H,16-17H2,1-6H3. The second-order valence-electron chi connectivity index (χ2n) is 8.64. The number of benzene rings is 2. The van der Waals surface area contributed by atoms with E-state index < -0.39 is 0 Å². The predicted octanol–water partition coefficient (Wildman–Crippen LogP) is 5.62. The molecule has 170 valence electrons. The zero-order valence-corrected chi connectivity index (χ0v) is 19.8. The molecule has 32 heavy (non-hydrogen) atoms. The van der Waals surface area contributed by atoms with Gasteiger partial charge in [-0.25, -0.2) is 4.68 Å². The molecule has 2 aromatic carbocycles. The average molecular weight is 436 g/mol. The Bertz CT molecular complexity index is 1040. The normalized spacial score (nSPS) is 11.1. The van der Waals surface area contributed by atoms with Gasteiger partial charge in [0.15, 0.2) is 11.5 Å². The lowest BCUT2D eigenvalue weighted by atomic mass is 10.1. The molecule has 0 spiro atoms. The molecule has 1 heterocycles. The van der Waals surface area contributed by atoms with Crippen LogP contribution in [0.15, 0.2) is 54.6 Å². The lowest BCUT2D eigenvalue weighted by Crippen LogP contribution is -2.36. The van der Waals surface area contributed by atoms with Crippen LogP contribution < -0.4 is 9.47 Å². The Morgan fingerprint density at radius 2 is 1.62 bits per heavy atom. The molecule has 0 saturated carbocycles. The lowest BCUT2D eigenvalue weighted by Gasteiger charge is -2.26. The average Bonchev–Trinajstić information content (AvgIpc) is 3.08. The zero-order chi connectivity index (χ0) is 23.3. The summed E-state index contributed by atoms with van der Waals surface area (Å²) in [7, 11) is 1.62. The molecule has 0 aliphatic heterocycles. The van der Waals surface area contributed by atoms with Gasteiger partial charge in [-0.05, 0) is 37.1 Å². The van der Waals surface area contributed by atoms with Gasteiger partial charge in [-0.3, -0.25) is 4.79 Å². The highest BCUT2D eigenvalue weighted by Gasteiger charge is 2.25. The fourth-order valence-corrected chi connectivity index (χ4v) is 3.61. The Kier molecular flexibility index (Phi) is 7.57. The van der Waals surface area contributed by atoms with Crippen molar-refractivity contribution in [2.75, 3.05) is 13.7 Å². The highest BCUT2D eigenvalue weighted by atomic mass is 16.5. The molecule has 1 aromatic heterocycles. The van der Waals surface area contributed by atoms with Crippen LogP contribution in [0.1, 0.15) is 39.0 Å². The summed E-state index contributed by atoms with van der Waals surface area (Å²) in [5.74, 6) is 2.20. The molecule has 0 saturated heterocycles. The number of methoxy groups -OCH3 is 1. The van der Waals surface area contributed by atoms with E-state index in [0.717, 1.165) is 16.9 Å². The van der Waals surface area contributed by atoms with Crippen LogP contribution in [-0.2, 0) is 11.3 Å². The third kappa shape index (κ3) is 5.31. The number of hydrogen-bond donors (Lipinski definition) is 0. The Labute approximate surface area is 190 Å². The van der Waals surface area contributed by atoms with Gasteiger partial charge in [0.05, 0.1) is 30.6 Å². The van der Waals surface area contributed by atoms with E-state index in [1.54, 1.807) is 11.8 Å². The maximum atomic E-state index is 13.0. The van der Waals surface area contributed by atoms with Crippen molar-refractivity contribution in [3.63, 3.8) is 0 Å². The van der Waals surface area contributed by atoms with Crippen LogP contribution in [0.5, 0.6) is 17.4 Å². The number of rotatable bonds is 9. The molecular weight excluding hydrogens is 402 g/mol. The highest BCUT2D eigenvalue weighted by molar-refractivity contribution is 5.78. The van der Waals surface area contributed by atoms with Crippen LogP contribution >= 0.6 is 0 Å². The number of amides is 1. The van der Waals surface area contributed by atoms with E-state index in [1.165, 1.54) is 0 Å². The van der Waals surface area contributed by atoms with Gasteiger partial charge in [0.2, 0.25) is 11.8 Å². The molecule has 0 aliphatic carbocycles. The van der Waals surface area contributed by atoms with Crippen LogP contribution in [0.2, 0.25) is 0 Å². The van der Waals surface area contributed by atoms with Gasteiger partial charge in [0, 0.05) is 12.5 Å². The number of carbonyl (C=O) groups is 1. The molecule has 6 nitrogen and oxygen atoms in total. The van der Waals surface area contributed by atoms with Crippen molar-refractivity contribution in [1.29, 1.82) is 0 Å². The summed E-state index contributed by atoms with van der Waals surface area (Å²) in [6, 6.07) is 17.4. The predicted molar refractivity (Wildman–Crippen MR) is 126 cm³/mol. The van der Waals surface area contributed by atoms with Crippen LogP contribution in [0, 0.1) is 18.8 Å². The molecular formula is C26H33N3O3. The maximum Gasteiger partial charge on any atom is 0.228 e. The lowest BCUT2D eigenvalue weighted by molar-refractivity contribution is -0.135. The third-order valence-corrected chi connectivity index (χ3v) is 5.15. The van der Waals surface area contributed by atoms with Crippen molar-refractivity contribution in [1.82, 2.24) is 14.7 Å². The van der Waals surface area contributed by atoms with Gasteiger partial charge in [-0.1, -0.05) is 58.0 Å². The van der Waals surface area contributed by atoms with Crippen LogP contribution in [-0.4, -0.2) is 34.2 Å². The van der Waals surface area contributed by atoms with Crippen molar-refractivity contribution in [2.45, 2.75) is 41.2 Å². The molecule has 0 unspecified atom stereocenters. The fourth-order valence-electron chi connectivity index (χ4n) is 3.61. The molecule has 3 rings (SSSR count). The Balaban J connectivity index is 2.10. The van der Waals surface area contributed by atoms with Crippen LogP contribution in [0.25, 0.3) is 5.69 Å². The number of carbonyl (C=O) groups excluding carboxylic acids is 1. The smallest absolute Gasteiger partial charge is 0.228 e. The van der Waals surface area contributed by atoms with Gasteiger partial charge in [0.25, 0.3) is 0 Å². The zero-order valence-electron chi connectivity index (χ0n) is 19.8. The number of para-hydroxylation sites is 3. The second-order valence-corrected chi connectivity index (χ2v) is 8.64. The second kappa shape index (κ2) is 10.4. The van der Waals surface area contributed by atoms with Crippen molar-refractivity contribution in [3.05, 3.63) is 65.9 Å². The van der Waals surface area contributed by atoms with E-state index in [0.29, 0.717) is 36.4 Å². The molecule has 3 aromatic rings. The van der Waals surface area contributed by atoms with Gasteiger partial charge < -0.3 is 14.4 Å². The van der Waals surface area contributed by atoms with E-state index in [-0.39, 0.29) is 11.8 Å². The van der Waals surface area contributed by atoms with Crippen molar-refractivity contribution in [2.24, 2.45) is 11.8 Å². The molecule has 0 bridgehead atoms. The Hall–Kier alpha value is -3.28. The van der Waals surface area contributed by atoms with Crippen molar-refractivity contribution >= 4 is 5.91 Å². The SMILES string of the molecule is COc1ccccc1Oc1c(CN(CC(C)C)C(=O)C(C)C)c(C)nn1-c1ccccc1. The summed E-state index contributed by atoms with van der Waals surface area (Å²) >= 11 is 0. The first-order chi connectivity index (χ1) is 15.3. The quantitative estimate of drug-likeness (QED) is 0.438. The molecule has 6 heteroatoms. The van der Waals surface area contributed by atoms with Crippen LogP contribution in [0.4, 0.5) is 0 Å². The number of aromatic nitrogens is 2. The minimum absolute atomic E-state index is 0.0863. The first kappa shape index (κ1) is 23.4. The van der Waals surface area contributed by atoms with E-state index in [9.17, 15) is 4.79 Å². The molecule has 0 N–H and O–H groups in total. The molecule has 0 atom stereocenters. The summed E-state index contributed by atoms with van der Waals surface area (Å²) in [6.45, 7) is 11.2. The summed E-state index contributed by atoms with van der Waals surface area (Å²) in [4.78, 5) is 14.9. The maximum absolute atomic E-state index is 13.0. The van der Waals surface area contributed by atoms with Crippen molar-refractivity contribution < 1.29 is 14.3 Å². The van der Waals surface area contributed by atoms with Gasteiger partial charge in [-0.15, -0.1) is 0 Å². The fraction of sp³-hybridized carbons (Fsp3) is 0.385. The summed E-state index contributed by atoms with van der Waals surface area (Å²) in [6.07, 6.45) is 0. The number of nitrogens with zero attached hydrogens (tertiary/aromatic N) is 3. The molecule has 0 radical (unpaired) electrons. The largest absolute Gasteiger partial charge is 0.493 e. The minimum atomic E-state index is -0.0863. The Morgan fingerprint density at radius 1 is 1.00 bits per heavy atom. The molecule has 0 fully saturated rings. The van der Waals surface area contributed by atoms with Gasteiger partial charge in [-0.2, -0.15) is 5.10 Å². The highest BCUT2D eigenvalue weighted by Crippen LogP contribution is 2.36. The summed E-state index contributed by atoms with van der Waals surface area (Å²) in [5.41, 5.74) is 2.59. The first-order valence-corrected chi connectivity index (χ1v) is 11.0. The number of aryl methyl sites for hydroxylation is 1. The summed E-state index contributed by atoms with van der Waals surface area (Å²) < 4.78 is 13.7. The molecule has 1 amide bonds. The number of ether oxygens (including phenoxy) is 2. The number of hydrogen-bond acceptors (Lipinski definition) is 4. The third-order valence-electron chi connectivity index (χ3n) is 5.15. The van der Waals surface area contributed by atoms with E-state index >= 15 is 0 Å². The topological polar surface area (TPSA) is 56.6 Å². The monoisotopic (exact) mass is 435 g/mol. The van der Waals surface area contributed by atoms with Gasteiger partial charge in [0.1, 0.15) is 0 Å². The first-order valence-electron chi connectivity index (χ1n) is 11.0. The van der Waals surface area contributed by atoms with E-state index in [1.807, 2.05) is 80.3 Å². The van der Waals surface area contributed by atoms with Gasteiger partial charge >= 0.3 is 0 Å². The Morgan fingerprint density at radius 3 is 2.22 bits per heavy atom. The van der Waals surface area contributed by atoms with Crippen molar-refractivity contribution in [3.8, 4) is 23.1 Å². The van der Waals surface area contributed by atoms with E-state index in [2.05, 4.69) is 13.8 Å². The van der Waals surface area contributed by atoms with Crippen LogP contribution in [0.3, 0.4) is 0 Å². The molecule has 0 aliphatic rings.